The van der Waals surface area contributed by atoms with Crippen molar-refractivity contribution in [2.24, 2.45) is 0 Å². The van der Waals surface area contributed by atoms with Crippen molar-refractivity contribution in [3.8, 4) is 5.75 Å². The average Bonchev–Trinajstić information content (AvgIpc) is 2.80. The highest BCUT2D eigenvalue weighted by molar-refractivity contribution is 7.89. The van der Waals surface area contributed by atoms with Crippen molar-refractivity contribution in [3.05, 3.63) is 90.0 Å². The van der Waals surface area contributed by atoms with Crippen molar-refractivity contribution in [2.75, 3.05) is 19.0 Å². The van der Waals surface area contributed by atoms with Gasteiger partial charge in [0.2, 0.25) is 15.9 Å². The van der Waals surface area contributed by atoms with E-state index in [1.807, 2.05) is 54.6 Å². The SMILES string of the molecule is CCc1ccc(NC(=O)CN(Cc2ccccc2)S(=O)(=O)c2ccc(OC)cc2)cc1. The third-order valence-corrected chi connectivity index (χ3v) is 6.67. The fourth-order valence-electron chi connectivity index (χ4n) is 3.09. The van der Waals surface area contributed by atoms with E-state index < -0.39 is 15.9 Å². The highest BCUT2D eigenvalue weighted by atomic mass is 32.2. The van der Waals surface area contributed by atoms with Crippen LogP contribution in [0.5, 0.6) is 5.75 Å². The molecule has 0 aliphatic carbocycles. The van der Waals surface area contributed by atoms with Crippen molar-refractivity contribution in [1.82, 2.24) is 4.31 Å². The minimum Gasteiger partial charge on any atom is -0.497 e. The van der Waals surface area contributed by atoms with E-state index >= 15 is 0 Å². The van der Waals surface area contributed by atoms with Crippen LogP contribution in [0.25, 0.3) is 0 Å². The molecule has 0 saturated heterocycles. The van der Waals surface area contributed by atoms with E-state index in [1.54, 1.807) is 12.1 Å². The zero-order valence-electron chi connectivity index (χ0n) is 17.6. The van der Waals surface area contributed by atoms with Crippen LogP contribution in [0.4, 0.5) is 5.69 Å². The molecule has 6 nitrogen and oxygen atoms in total. The topological polar surface area (TPSA) is 75.7 Å². The Morgan fingerprint density at radius 3 is 2.13 bits per heavy atom. The molecule has 0 spiro atoms. The summed E-state index contributed by atoms with van der Waals surface area (Å²) in [7, 11) is -2.39. The van der Waals surface area contributed by atoms with Crippen LogP contribution >= 0.6 is 0 Å². The first-order valence-corrected chi connectivity index (χ1v) is 11.4. The third-order valence-electron chi connectivity index (χ3n) is 4.86. The zero-order chi connectivity index (χ0) is 22.3. The second-order valence-electron chi connectivity index (χ2n) is 7.03. The van der Waals surface area contributed by atoms with E-state index in [4.69, 9.17) is 4.74 Å². The number of nitrogens with zero attached hydrogens (tertiary/aromatic N) is 1. The van der Waals surface area contributed by atoms with Gasteiger partial charge >= 0.3 is 0 Å². The lowest BCUT2D eigenvalue weighted by atomic mass is 10.1. The quantitative estimate of drug-likeness (QED) is 0.546. The summed E-state index contributed by atoms with van der Waals surface area (Å²) < 4.78 is 32.9. The molecule has 0 heterocycles. The number of benzene rings is 3. The molecule has 1 amide bonds. The maximum atomic E-state index is 13.3. The molecule has 0 aromatic heterocycles. The molecule has 0 bridgehead atoms. The van der Waals surface area contributed by atoms with Gasteiger partial charge in [-0.05, 0) is 53.9 Å². The maximum Gasteiger partial charge on any atom is 0.243 e. The molecule has 0 aliphatic rings. The molecule has 0 atom stereocenters. The van der Waals surface area contributed by atoms with E-state index in [1.165, 1.54) is 23.5 Å². The number of hydrogen-bond donors (Lipinski definition) is 1. The Labute approximate surface area is 183 Å². The van der Waals surface area contributed by atoms with Gasteiger partial charge in [0.1, 0.15) is 5.75 Å². The molecule has 1 N–H and O–H groups in total. The Hall–Kier alpha value is -3.16. The van der Waals surface area contributed by atoms with Gasteiger partial charge < -0.3 is 10.1 Å². The van der Waals surface area contributed by atoms with Gasteiger partial charge in [0.15, 0.2) is 0 Å². The lowest BCUT2D eigenvalue weighted by molar-refractivity contribution is -0.116. The number of sulfonamides is 1. The van der Waals surface area contributed by atoms with Crippen LogP contribution in [0.2, 0.25) is 0 Å². The van der Waals surface area contributed by atoms with Gasteiger partial charge in [0.25, 0.3) is 0 Å². The van der Waals surface area contributed by atoms with Gasteiger partial charge in [-0.25, -0.2) is 8.42 Å². The van der Waals surface area contributed by atoms with E-state index in [-0.39, 0.29) is 18.0 Å². The highest BCUT2D eigenvalue weighted by Gasteiger charge is 2.27. The van der Waals surface area contributed by atoms with Gasteiger partial charge in [-0.15, -0.1) is 0 Å². The monoisotopic (exact) mass is 438 g/mol. The van der Waals surface area contributed by atoms with Crippen molar-refractivity contribution in [2.45, 2.75) is 24.8 Å². The van der Waals surface area contributed by atoms with Gasteiger partial charge in [-0.3, -0.25) is 4.79 Å². The van der Waals surface area contributed by atoms with Crippen molar-refractivity contribution in [3.63, 3.8) is 0 Å². The minimum atomic E-state index is -3.91. The number of anilines is 1. The first-order valence-electron chi connectivity index (χ1n) is 9.99. The van der Waals surface area contributed by atoms with Gasteiger partial charge in [-0.1, -0.05) is 49.4 Å². The number of carbonyl (C=O) groups is 1. The number of rotatable bonds is 9. The summed E-state index contributed by atoms with van der Waals surface area (Å²) in [6.45, 7) is 1.83. The number of hydrogen-bond acceptors (Lipinski definition) is 4. The Morgan fingerprint density at radius 2 is 1.55 bits per heavy atom. The van der Waals surface area contributed by atoms with Crippen LogP contribution in [0, 0.1) is 0 Å². The predicted molar refractivity (Wildman–Crippen MR) is 121 cm³/mol. The molecule has 3 aromatic rings. The number of amides is 1. The summed E-state index contributed by atoms with van der Waals surface area (Å²) >= 11 is 0. The van der Waals surface area contributed by atoms with Gasteiger partial charge in [-0.2, -0.15) is 4.31 Å². The van der Waals surface area contributed by atoms with E-state index in [0.717, 1.165) is 17.5 Å². The second-order valence-corrected chi connectivity index (χ2v) is 8.97. The normalized spacial score (nSPS) is 11.3. The molecule has 0 saturated carbocycles. The van der Waals surface area contributed by atoms with Crippen LogP contribution in [0.15, 0.2) is 83.8 Å². The maximum absolute atomic E-state index is 13.3. The number of aryl methyl sites for hydroxylation is 1. The summed E-state index contributed by atoms with van der Waals surface area (Å²) in [6.07, 6.45) is 0.902. The molecule has 0 aliphatic heterocycles. The fraction of sp³-hybridized carbons (Fsp3) is 0.208. The predicted octanol–water partition coefficient (Wildman–Crippen LogP) is 4.09. The molecular formula is C24H26N2O4S. The molecule has 3 aromatic carbocycles. The van der Waals surface area contributed by atoms with Crippen molar-refractivity contribution in [1.29, 1.82) is 0 Å². The van der Waals surface area contributed by atoms with Crippen LogP contribution in [-0.4, -0.2) is 32.3 Å². The zero-order valence-corrected chi connectivity index (χ0v) is 18.4. The van der Waals surface area contributed by atoms with Crippen molar-refractivity contribution < 1.29 is 17.9 Å². The average molecular weight is 439 g/mol. The highest BCUT2D eigenvalue weighted by Crippen LogP contribution is 2.21. The van der Waals surface area contributed by atoms with Gasteiger partial charge in [0.05, 0.1) is 18.6 Å². The van der Waals surface area contributed by atoms with E-state index in [0.29, 0.717) is 11.4 Å². The first kappa shape index (κ1) is 22.5. The number of nitrogens with one attached hydrogen (secondary N) is 1. The summed E-state index contributed by atoms with van der Waals surface area (Å²) in [4.78, 5) is 12.8. The number of ether oxygens (including phenoxy) is 1. The third kappa shape index (κ3) is 5.93. The lowest BCUT2D eigenvalue weighted by Gasteiger charge is -2.22. The molecule has 0 unspecified atom stereocenters. The Kier molecular flexibility index (Phi) is 7.44. The fourth-order valence-corrected chi connectivity index (χ4v) is 4.48. The standard InChI is InChI=1S/C24H26N2O4S/c1-3-19-9-11-21(12-10-19)25-24(27)18-26(17-20-7-5-4-6-8-20)31(28,29)23-15-13-22(30-2)14-16-23/h4-16H,3,17-18H2,1-2H3,(H,25,27). The summed E-state index contributed by atoms with van der Waals surface area (Å²) in [5, 5.41) is 2.79. The summed E-state index contributed by atoms with van der Waals surface area (Å²) in [6, 6.07) is 22.8. The van der Waals surface area contributed by atoms with Gasteiger partial charge in [0, 0.05) is 12.2 Å². The van der Waals surface area contributed by atoms with E-state index in [9.17, 15) is 13.2 Å². The molecule has 31 heavy (non-hydrogen) atoms. The lowest BCUT2D eigenvalue weighted by Crippen LogP contribution is -2.37. The van der Waals surface area contributed by atoms with Crippen LogP contribution in [0.3, 0.4) is 0 Å². The molecule has 162 valence electrons. The minimum absolute atomic E-state index is 0.0807. The Morgan fingerprint density at radius 1 is 0.903 bits per heavy atom. The summed E-state index contributed by atoms with van der Waals surface area (Å²) in [5.74, 6) is 0.152. The number of methoxy groups -OCH3 is 1. The first-order chi connectivity index (χ1) is 14.9. The Bertz CT molecular complexity index is 1100. The smallest absolute Gasteiger partial charge is 0.243 e. The molecule has 3 rings (SSSR count). The molecular weight excluding hydrogens is 412 g/mol. The molecule has 0 radical (unpaired) electrons. The van der Waals surface area contributed by atoms with Crippen LogP contribution in [-0.2, 0) is 27.8 Å². The largest absolute Gasteiger partial charge is 0.497 e. The summed E-state index contributed by atoms with van der Waals surface area (Å²) in [5.41, 5.74) is 2.58. The van der Waals surface area contributed by atoms with Crippen LogP contribution in [0.1, 0.15) is 18.1 Å². The molecule has 0 fully saturated rings. The van der Waals surface area contributed by atoms with Crippen LogP contribution < -0.4 is 10.1 Å². The molecule has 7 heteroatoms. The Balaban J connectivity index is 1.83. The second kappa shape index (κ2) is 10.2. The van der Waals surface area contributed by atoms with E-state index in [2.05, 4.69) is 12.2 Å². The van der Waals surface area contributed by atoms with Crippen molar-refractivity contribution >= 4 is 21.6 Å². The number of carbonyl (C=O) groups excluding carboxylic acids is 1.